The van der Waals surface area contributed by atoms with Gasteiger partial charge in [-0.1, -0.05) is 23.7 Å². The first kappa shape index (κ1) is 18.0. The fourth-order valence-electron chi connectivity index (χ4n) is 2.96. The first-order chi connectivity index (χ1) is 13.5. The molecule has 5 nitrogen and oxygen atoms in total. The highest BCUT2D eigenvalue weighted by Gasteiger charge is 2.39. The van der Waals surface area contributed by atoms with E-state index in [4.69, 9.17) is 16.0 Å². The molecule has 28 heavy (non-hydrogen) atoms. The quantitative estimate of drug-likeness (QED) is 0.646. The van der Waals surface area contributed by atoms with Crippen LogP contribution in [0, 0.1) is 5.82 Å². The number of hydrogen-bond acceptors (Lipinski definition) is 4. The standard InChI is InChI=1S/C21H14ClFN2O3/c22-14-5-3-13(4-6-14)18-19(24-16-9-7-15(23)8-10-16)21(27)25(20(18)26)12-17-2-1-11-28-17/h1-11,24H,12H2. The Bertz CT molecular complexity index is 1060. The summed E-state index contributed by atoms with van der Waals surface area (Å²) in [6.45, 7) is 0.0103. The zero-order valence-corrected chi connectivity index (χ0v) is 15.2. The van der Waals surface area contributed by atoms with E-state index in [9.17, 15) is 14.0 Å². The molecule has 0 spiro atoms. The van der Waals surface area contributed by atoms with Gasteiger partial charge in [0.1, 0.15) is 17.3 Å². The van der Waals surface area contributed by atoms with E-state index < -0.39 is 17.6 Å². The number of furan rings is 1. The van der Waals surface area contributed by atoms with Gasteiger partial charge >= 0.3 is 0 Å². The van der Waals surface area contributed by atoms with Crippen LogP contribution in [0.4, 0.5) is 10.1 Å². The second-order valence-electron chi connectivity index (χ2n) is 6.16. The molecule has 0 aliphatic carbocycles. The van der Waals surface area contributed by atoms with Crippen LogP contribution in [0.5, 0.6) is 0 Å². The molecule has 4 rings (SSSR count). The topological polar surface area (TPSA) is 62.6 Å². The highest BCUT2D eigenvalue weighted by molar-refractivity contribution is 6.36. The summed E-state index contributed by atoms with van der Waals surface area (Å²) in [5, 5.41) is 3.47. The van der Waals surface area contributed by atoms with Crippen LogP contribution in [0.3, 0.4) is 0 Å². The van der Waals surface area contributed by atoms with Crippen molar-refractivity contribution in [2.24, 2.45) is 0 Å². The lowest BCUT2D eigenvalue weighted by molar-refractivity contribution is -0.137. The Balaban J connectivity index is 1.74. The van der Waals surface area contributed by atoms with E-state index in [1.54, 1.807) is 36.4 Å². The average Bonchev–Trinajstić information content (AvgIpc) is 3.28. The van der Waals surface area contributed by atoms with Gasteiger partial charge in [0.25, 0.3) is 11.8 Å². The summed E-state index contributed by atoms with van der Waals surface area (Å²) >= 11 is 5.95. The zero-order valence-electron chi connectivity index (χ0n) is 14.5. The van der Waals surface area contributed by atoms with E-state index >= 15 is 0 Å². The van der Waals surface area contributed by atoms with E-state index in [1.165, 1.54) is 30.5 Å². The lowest BCUT2D eigenvalue weighted by Crippen LogP contribution is -2.31. The highest BCUT2D eigenvalue weighted by atomic mass is 35.5. The number of imide groups is 1. The molecule has 2 heterocycles. The second kappa shape index (κ2) is 7.32. The molecule has 7 heteroatoms. The smallest absolute Gasteiger partial charge is 0.278 e. The molecule has 0 radical (unpaired) electrons. The van der Waals surface area contributed by atoms with Crippen molar-refractivity contribution in [2.75, 3.05) is 5.32 Å². The van der Waals surface area contributed by atoms with Gasteiger partial charge < -0.3 is 9.73 Å². The van der Waals surface area contributed by atoms with Gasteiger partial charge in [-0.05, 0) is 54.1 Å². The van der Waals surface area contributed by atoms with E-state index in [-0.39, 0.29) is 17.8 Å². The molecule has 2 aromatic carbocycles. The van der Waals surface area contributed by atoms with E-state index in [2.05, 4.69) is 5.32 Å². The Morgan fingerprint density at radius 3 is 2.32 bits per heavy atom. The summed E-state index contributed by atoms with van der Waals surface area (Å²) in [7, 11) is 0. The number of amides is 2. The first-order valence-corrected chi connectivity index (χ1v) is 8.82. The zero-order chi connectivity index (χ0) is 19.7. The molecule has 3 aromatic rings. The molecule has 0 saturated heterocycles. The number of hydrogen-bond donors (Lipinski definition) is 1. The molecule has 2 amide bonds. The largest absolute Gasteiger partial charge is 0.467 e. The number of rotatable bonds is 5. The third-order valence-electron chi connectivity index (χ3n) is 4.31. The Kier molecular flexibility index (Phi) is 4.71. The summed E-state index contributed by atoms with van der Waals surface area (Å²) in [5.74, 6) is -0.852. The predicted octanol–water partition coefficient (Wildman–Crippen LogP) is 4.46. The minimum Gasteiger partial charge on any atom is -0.467 e. The molecule has 1 N–H and O–H groups in total. The average molecular weight is 397 g/mol. The Morgan fingerprint density at radius 2 is 1.68 bits per heavy atom. The molecule has 1 aliphatic rings. The summed E-state index contributed by atoms with van der Waals surface area (Å²) in [6, 6.07) is 15.5. The van der Waals surface area contributed by atoms with Crippen LogP contribution in [-0.4, -0.2) is 16.7 Å². The molecule has 1 aromatic heterocycles. The molecule has 0 fully saturated rings. The summed E-state index contributed by atoms with van der Waals surface area (Å²) in [5.41, 5.74) is 1.38. The van der Waals surface area contributed by atoms with E-state index in [0.717, 1.165) is 4.90 Å². The number of benzene rings is 2. The number of carbonyl (C=O) groups is 2. The van der Waals surface area contributed by atoms with Crippen LogP contribution in [0.15, 0.2) is 77.0 Å². The van der Waals surface area contributed by atoms with Crippen molar-refractivity contribution in [1.82, 2.24) is 4.90 Å². The maximum atomic E-state index is 13.2. The lowest BCUT2D eigenvalue weighted by atomic mass is 10.0. The molecule has 1 aliphatic heterocycles. The number of nitrogens with one attached hydrogen (secondary N) is 1. The van der Waals surface area contributed by atoms with Crippen LogP contribution in [0.2, 0.25) is 5.02 Å². The van der Waals surface area contributed by atoms with E-state index in [0.29, 0.717) is 22.0 Å². The summed E-state index contributed by atoms with van der Waals surface area (Å²) < 4.78 is 18.5. The third kappa shape index (κ3) is 3.42. The molecular formula is C21H14ClFN2O3. The minimum atomic E-state index is -0.490. The normalized spacial score (nSPS) is 14.1. The first-order valence-electron chi connectivity index (χ1n) is 8.44. The van der Waals surface area contributed by atoms with Crippen molar-refractivity contribution < 1.29 is 18.4 Å². The Morgan fingerprint density at radius 1 is 0.964 bits per heavy atom. The van der Waals surface area contributed by atoms with Crippen LogP contribution in [0.1, 0.15) is 11.3 Å². The predicted molar refractivity (Wildman–Crippen MR) is 103 cm³/mol. The second-order valence-corrected chi connectivity index (χ2v) is 6.60. The minimum absolute atomic E-state index is 0.0103. The monoisotopic (exact) mass is 396 g/mol. The number of halogens is 2. The molecule has 0 bridgehead atoms. The highest BCUT2D eigenvalue weighted by Crippen LogP contribution is 2.32. The van der Waals surface area contributed by atoms with Gasteiger partial charge in [-0.15, -0.1) is 0 Å². The number of anilines is 1. The molecule has 0 saturated carbocycles. The van der Waals surface area contributed by atoms with Crippen LogP contribution >= 0.6 is 11.6 Å². The van der Waals surface area contributed by atoms with Gasteiger partial charge in [-0.2, -0.15) is 0 Å². The maximum Gasteiger partial charge on any atom is 0.278 e. The summed E-state index contributed by atoms with van der Waals surface area (Å²) in [4.78, 5) is 27.2. The van der Waals surface area contributed by atoms with Crippen LogP contribution < -0.4 is 5.32 Å². The Hall–Kier alpha value is -3.38. The van der Waals surface area contributed by atoms with Gasteiger partial charge in [0, 0.05) is 10.7 Å². The number of nitrogens with zero attached hydrogens (tertiary/aromatic N) is 1. The van der Waals surface area contributed by atoms with Gasteiger partial charge in [0.2, 0.25) is 0 Å². The van der Waals surface area contributed by atoms with Crippen LogP contribution in [-0.2, 0) is 16.1 Å². The fraction of sp³-hybridized carbons (Fsp3) is 0.0476. The molecule has 0 unspecified atom stereocenters. The summed E-state index contributed by atoms with van der Waals surface area (Å²) in [6.07, 6.45) is 1.48. The van der Waals surface area contributed by atoms with Gasteiger partial charge in [0.05, 0.1) is 18.4 Å². The third-order valence-corrected chi connectivity index (χ3v) is 4.56. The van der Waals surface area contributed by atoms with E-state index in [1.807, 2.05) is 0 Å². The maximum absolute atomic E-state index is 13.2. The van der Waals surface area contributed by atoms with Crippen molar-refractivity contribution in [3.05, 3.63) is 94.8 Å². The Labute approximate surface area is 165 Å². The fourth-order valence-corrected chi connectivity index (χ4v) is 3.08. The SMILES string of the molecule is O=C1C(Nc2ccc(F)cc2)=C(c2ccc(Cl)cc2)C(=O)N1Cc1ccco1. The van der Waals surface area contributed by atoms with Crippen molar-refractivity contribution in [3.8, 4) is 0 Å². The van der Waals surface area contributed by atoms with Crippen molar-refractivity contribution >= 4 is 34.7 Å². The molecular weight excluding hydrogens is 383 g/mol. The van der Waals surface area contributed by atoms with Crippen molar-refractivity contribution in [1.29, 1.82) is 0 Å². The van der Waals surface area contributed by atoms with Gasteiger partial charge in [-0.3, -0.25) is 14.5 Å². The van der Waals surface area contributed by atoms with Crippen molar-refractivity contribution in [2.45, 2.75) is 6.54 Å². The molecule has 140 valence electrons. The van der Waals surface area contributed by atoms with Gasteiger partial charge in [0.15, 0.2) is 0 Å². The number of carbonyl (C=O) groups excluding carboxylic acids is 2. The van der Waals surface area contributed by atoms with Gasteiger partial charge in [-0.25, -0.2) is 4.39 Å². The molecule has 0 atom stereocenters. The lowest BCUT2D eigenvalue weighted by Gasteiger charge is -2.13. The van der Waals surface area contributed by atoms with Crippen molar-refractivity contribution in [3.63, 3.8) is 0 Å². The van der Waals surface area contributed by atoms with Crippen LogP contribution in [0.25, 0.3) is 5.57 Å².